The van der Waals surface area contributed by atoms with E-state index in [2.05, 4.69) is 24.5 Å². The number of hydrogen-bond acceptors (Lipinski definition) is 3. The molecule has 0 saturated heterocycles. The summed E-state index contributed by atoms with van der Waals surface area (Å²) >= 11 is 0. The molecule has 0 radical (unpaired) electrons. The molecule has 20 heavy (non-hydrogen) atoms. The topological polar surface area (TPSA) is 47.3 Å². The number of hydrazine groups is 1. The molecule has 1 saturated carbocycles. The quantitative estimate of drug-likeness (QED) is 0.612. The first kappa shape index (κ1) is 15.3. The number of nitrogens with one attached hydrogen (secondary N) is 1. The summed E-state index contributed by atoms with van der Waals surface area (Å²) in [5.74, 6) is 7.59. The van der Waals surface area contributed by atoms with Crippen molar-refractivity contribution in [1.29, 1.82) is 0 Å². The normalized spacial score (nSPS) is 17.9. The van der Waals surface area contributed by atoms with Crippen molar-refractivity contribution in [2.45, 2.75) is 57.9 Å². The van der Waals surface area contributed by atoms with Crippen molar-refractivity contribution >= 4 is 0 Å². The third kappa shape index (κ3) is 3.97. The summed E-state index contributed by atoms with van der Waals surface area (Å²) in [4.78, 5) is 0. The van der Waals surface area contributed by atoms with E-state index in [1.165, 1.54) is 49.7 Å². The fourth-order valence-corrected chi connectivity index (χ4v) is 3.37. The van der Waals surface area contributed by atoms with Crippen LogP contribution >= 0.6 is 0 Å². The summed E-state index contributed by atoms with van der Waals surface area (Å²) < 4.78 is 5.27. The second kappa shape index (κ2) is 7.65. The molecule has 1 unspecified atom stereocenters. The molecule has 0 bridgehead atoms. The van der Waals surface area contributed by atoms with Gasteiger partial charge < -0.3 is 4.74 Å². The van der Waals surface area contributed by atoms with E-state index in [0.717, 1.165) is 18.1 Å². The number of benzene rings is 1. The van der Waals surface area contributed by atoms with E-state index in [1.807, 2.05) is 6.07 Å². The van der Waals surface area contributed by atoms with Crippen LogP contribution in [0.2, 0.25) is 0 Å². The van der Waals surface area contributed by atoms with Crippen molar-refractivity contribution in [2.24, 2.45) is 11.8 Å². The van der Waals surface area contributed by atoms with Crippen molar-refractivity contribution in [2.75, 3.05) is 7.11 Å². The lowest BCUT2D eigenvalue weighted by molar-refractivity contribution is 0.314. The van der Waals surface area contributed by atoms with E-state index in [-0.39, 0.29) is 6.04 Å². The Kier molecular flexibility index (Phi) is 5.86. The van der Waals surface area contributed by atoms with Gasteiger partial charge in [-0.25, -0.2) is 0 Å². The van der Waals surface area contributed by atoms with Gasteiger partial charge in [-0.15, -0.1) is 0 Å². The van der Waals surface area contributed by atoms with Crippen LogP contribution in [0.3, 0.4) is 0 Å². The predicted molar refractivity (Wildman–Crippen MR) is 83.6 cm³/mol. The van der Waals surface area contributed by atoms with E-state index >= 15 is 0 Å². The highest BCUT2D eigenvalue weighted by molar-refractivity contribution is 5.36. The Morgan fingerprint density at radius 3 is 2.65 bits per heavy atom. The fraction of sp³-hybridized carbons (Fsp3) is 0.647. The molecule has 112 valence electrons. The van der Waals surface area contributed by atoms with Crippen molar-refractivity contribution < 1.29 is 4.74 Å². The Balaban J connectivity index is 1.96. The molecule has 3 heteroatoms. The van der Waals surface area contributed by atoms with E-state index in [9.17, 15) is 0 Å². The van der Waals surface area contributed by atoms with Gasteiger partial charge in [0.25, 0.3) is 0 Å². The Labute approximate surface area is 122 Å². The third-order valence-corrected chi connectivity index (χ3v) is 4.64. The number of ether oxygens (including phenoxy) is 1. The van der Waals surface area contributed by atoms with Gasteiger partial charge in [0, 0.05) is 6.04 Å². The maximum Gasteiger partial charge on any atom is 0.119 e. The smallest absolute Gasteiger partial charge is 0.119 e. The van der Waals surface area contributed by atoms with Crippen LogP contribution in [0.5, 0.6) is 5.75 Å². The molecule has 0 spiro atoms. The van der Waals surface area contributed by atoms with Crippen molar-refractivity contribution in [3.8, 4) is 5.75 Å². The molecular formula is C17H28N2O. The molecule has 3 nitrogen and oxygen atoms in total. The minimum atomic E-state index is 0.253. The Morgan fingerprint density at radius 1 is 1.30 bits per heavy atom. The van der Waals surface area contributed by atoms with Gasteiger partial charge in [0.05, 0.1) is 7.11 Å². The summed E-state index contributed by atoms with van der Waals surface area (Å²) in [6.07, 6.45) is 9.44. The van der Waals surface area contributed by atoms with Gasteiger partial charge in [0.1, 0.15) is 5.75 Å². The highest BCUT2D eigenvalue weighted by Gasteiger charge is 2.18. The maximum atomic E-state index is 5.78. The summed E-state index contributed by atoms with van der Waals surface area (Å²) in [5.41, 5.74) is 5.54. The Morgan fingerprint density at radius 2 is 2.05 bits per heavy atom. The molecule has 1 aromatic rings. The highest BCUT2D eigenvalue weighted by Crippen LogP contribution is 2.31. The van der Waals surface area contributed by atoms with Crippen LogP contribution in [0.15, 0.2) is 18.2 Å². The zero-order chi connectivity index (χ0) is 14.4. The summed E-state index contributed by atoms with van der Waals surface area (Å²) in [6, 6.07) is 6.50. The van der Waals surface area contributed by atoms with Gasteiger partial charge in [-0.1, -0.05) is 38.2 Å². The molecule has 2 rings (SSSR count). The highest BCUT2D eigenvalue weighted by atomic mass is 16.5. The van der Waals surface area contributed by atoms with Crippen LogP contribution in [0.25, 0.3) is 0 Å². The number of methoxy groups -OCH3 is 1. The van der Waals surface area contributed by atoms with Crippen LogP contribution in [-0.2, 0) is 0 Å². The lowest BCUT2D eigenvalue weighted by atomic mass is 9.84. The van der Waals surface area contributed by atoms with Gasteiger partial charge in [-0.2, -0.15) is 0 Å². The van der Waals surface area contributed by atoms with Crippen molar-refractivity contribution in [3.05, 3.63) is 29.3 Å². The minimum absolute atomic E-state index is 0.253. The molecule has 0 amide bonds. The Hall–Kier alpha value is -1.06. The van der Waals surface area contributed by atoms with Gasteiger partial charge in [-0.3, -0.25) is 11.3 Å². The number of hydrogen-bond donors (Lipinski definition) is 2. The largest absolute Gasteiger partial charge is 0.497 e. The maximum absolute atomic E-state index is 5.78. The lowest BCUT2D eigenvalue weighted by Crippen LogP contribution is -2.29. The van der Waals surface area contributed by atoms with Crippen LogP contribution < -0.4 is 16.0 Å². The number of rotatable bonds is 6. The lowest BCUT2D eigenvalue weighted by Gasteiger charge is -2.25. The molecule has 1 fully saturated rings. The van der Waals surface area contributed by atoms with Gasteiger partial charge >= 0.3 is 0 Å². The van der Waals surface area contributed by atoms with Crippen LogP contribution in [0.4, 0.5) is 0 Å². The molecule has 1 aliphatic rings. The summed E-state index contributed by atoms with van der Waals surface area (Å²) in [5, 5.41) is 0. The molecule has 1 aromatic carbocycles. The summed E-state index contributed by atoms with van der Waals surface area (Å²) in [6.45, 7) is 2.13. The molecule has 1 atom stereocenters. The molecule has 0 aromatic heterocycles. The van der Waals surface area contributed by atoms with Gasteiger partial charge in [0.2, 0.25) is 0 Å². The van der Waals surface area contributed by atoms with E-state index < -0.39 is 0 Å². The number of aryl methyl sites for hydroxylation is 1. The third-order valence-electron chi connectivity index (χ3n) is 4.64. The first-order chi connectivity index (χ1) is 9.74. The van der Waals surface area contributed by atoms with E-state index in [0.29, 0.717) is 0 Å². The average Bonchev–Trinajstić information content (AvgIpc) is 2.50. The van der Waals surface area contributed by atoms with Crippen LogP contribution in [0.1, 0.15) is 62.1 Å². The SMILES string of the molecule is COc1ccc(C(CCC2CCCCC2)NN)c(C)c1. The average molecular weight is 276 g/mol. The summed E-state index contributed by atoms with van der Waals surface area (Å²) in [7, 11) is 1.70. The molecule has 3 N–H and O–H groups in total. The first-order valence-corrected chi connectivity index (χ1v) is 7.85. The molecular weight excluding hydrogens is 248 g/mol. The Bertz CT molecular complexity index is 413. The fourth-order valence-electron chi connectivity index (χ4n) is 3.37. The molecule has 0 heterocycles. The minimum Gasteiger partial charge on any atom is -0.497 e. The van der Waals surface area contributed by atoms with Crippen LogP contribution in [-0.4, -0.2) is 7.11 Å². The predicted octanol–water partition coefficient (Wildman–Crippen LogP) is 3.87. The van der Waals surface area contributed by atoms with Gasteiger partial charge in [0.15, 0.2) is 0 Å². The van der Waals surface area contributed by atoms with Crippen LogP contribution in [0, 0.1) is 12.8 Å². The standard InChI is InChI=1S/C17H28N2O/c1-13-12-15(20-2)9-10-16(13)17(19-18)11-8-14-6-4-3-5-7-14/h9-10,12,14,17,19H,3-8,11,18H2,1-2H3. The monoisotopic (exact) mass is 276 g/mol. The van der Waals surface area contributed by atoms with Gasteiger partial charge in [-0.05, 0) is 48.9 Å². The first-order valence-electron chi connectivity index (χ1n) is 7.85. The second-order valence-electron chi connectivity index (χ2n) is 6.02. The molecule has 1 aliphatic carbocycles. The number of nitrogens with two attached hydrogens (primary N) is 1. The second-order valence-corrected chi connectivity index (χ2v) is 6.02. The van der Waals surface area contributed by atoms with E-state index in [1.54, 1.807) is 7.11 Å². The van der Waals surface area contributed by atoms with Crippen molar-refractivity contribution in [3.63, 3.8) is 0 Å². The van der Waals surface area contributed by atoms with E-state index in [4.69, 9.17) is 10.6 Å². The zero-order valence-electron chi connectivity index (χ0n) is 12.8. The zero-order valence-corrected chi connectivity index (χ0v) is 12.8. The van der Waals surface area contributed by atoms with Crippen molar-refractivity contribution in [1.82, 2.24) is 5.43 Å². The molecule has 0 aliphatic heterocycles.